The van der Waals surface area contributed by atoms with Crippen LogP contribution in [0.2, 0.25) is 0 Å². The van der Waals surface area contributed by atoms with Crippen LogP contribution >= 0.6 is 11.3 Å². The highest BCUT2D eigenvalue weighted by atomic mass is 32.1. The van der Waals surface area contributed by atoms with Crippen LogP contribution in [0.5, 0.6) is 0 Å². The Morgan fingerprint density at radius 2 is 2.10 bits per heavy atom. The number of nitrogens with two attached hydrogens (primary N) is 1. The summed E-state index contributed by atoms with van der Waals surface area (Å²) in [7, 11) is 0. The molecule has 0 bridgehead atoms. The van der Waals surface area contributed by atoms with Gasteiger partial charge in [-0.25, -0.2) is 4.98 Å². The van der Waals surface area contributed by atoms with Crippen molar-refractivity contribution in [2.45, 2.75) is 40.2 Å². The largest absolute Gasteiger partial charge is 0.327 e. The highest BCUT2D eigenvalue weighted by Gasteiger charge is 2.25. The van der Waals surface area contributed by atoms with Crippen LogP contribution in [0.1, 0.15) is 31.3 Å². The molecule has 5 nitrogen and oxygen atoms in total. The number of hydrogen-bond acceptors (Lipinski definition) is 5. The second kappa shape index (κ2) is 5.10. The number of thiazole rings is 1. The van der Waals surface area contributed by atoms with E-state index in [0.717, 1.165) is 15.2 Å². The maximum absolute atomic E-state index is 11.3. The van der Waals surface area contributed by atoms with Gasteiger partial charge in [-0.1, -0.05) is 20.8 Å². The van der Waals surface area contributed by atoms with Gasteiger partial charge in [-0.05, 0) is 24.8 Å². The van der Waals surface area contributed by atoms with Gasteiger partial charge in [-0.2, -0.15) is 0 Å². The van der Waals surface area contributed by atoms with Crippen LogP contribution in [-0.4, -0.2) is 15.9 Å². The van der Waals surface area contributed by atoms with E-state index in [4.69, 9.17) is 5.73 Å². The van der Waals surface area contributed by atoms with Crippen LogP contribution in [0.25, 0.3) is 10.2 Å². The lowest BCUT2D eigenvalue weighted by atomic mass is 9.83. The van der Waals surface area contributed by atoms with Crippen molar-refractivity contribution in [3.8, 4) is 0 Å². The van der Waals surface area contributed by atoms with Crippen LogP contribution in [0, 0.1) is 22.5 Å². The molecule has 1 aromatic heterocycles. The van der Waals surface area contributed by atoms with E-state index < -0.39 is 0 Å². The third kappa shape index (κ3) is 2.96. The van der Waals surface area contributed by atoms with Crippen molar-refractivity contribution in [1.82, 2.24) is 4.98 Å². The smallest absolute Gasteiger partial charge is 0.274 e. The van der Waals surface area contributed by atoms with E-state index in [0.29, 0.717) is 12.0 Å². The normalized spacial score (nSPS) is 13.7. The summed E-state index contributed by atoms with van der Waals surface area (Å²) in [5.41, 5.74) is 7.68. The molecule has 0 spiro atoms. The summed E-state index contributed by atoms with van der Waals surface area (Å²) in [6, 6.07) is 3.28. The number of aromatic nitrogens is 1. The average Bonchev–Trinajstić information content (AvgIpc) is 2.65. The first-order valence-electron chi connectivity index (χ1n) is 6.48. The number of nitro groups is 1. The fourth-order valence-electron chi connectivity index (χ4n) is 2.00. The van der Waals surface area contributed by atoms with E-state index in [-0.39, 0.29) is 22.1 Å². The summed E-state index contributed by atoms with van der Waals surface area (Å²) in [5, 5.41) is 12.2. The first kappa shape index (κ1) is 14.9. The molecule has 108 valence electrons. The predicted molar refractivity (Wildman–Crippen MR) is 82.1 cm³/mol. The molecule has 0 saturated heterocycles. The highest BCUT2D eigenvalue weighted by molar-refractivity contribution is 7.18. The fraction of sp³-hybridized carbons (Fsp3) is 0.500. The zero-order valence-electron chi connectivity index (χ0n) is 12.1. The Hall–Kier alpha value is -1.53. The van der Waals surface area contributed by atoms with Crippen molar-refractivity contribution in [3.05, 3.63) is 32.8 Å². The Bertz CT molecular complexity index is 658. The lowest BCUT2D eigenvalue weighted by molar-refractivity contribution is -0.385. The minimum Gasteiger partial charge on any atom is -0.327 e. The Labute approximate surface area is 122 Å². The predicted octanol–water partition coefficient (Wildman–Crippen LogP) is 3.43. The summed E-state index contributed by atoms with van der Waals surface area (Å²) in [6.07, 6.45) is 0.478. The van der Waals surface area contributed by atoms with Gasteiger partial charge in [-0.3, -0.25) is 10.1 Å². The lowest BCUT2D eigenvalue weighted by Gasteiger charge is -2.26. The Morgan fingerprint density at radius 3 is 2.65 bits per heavy atom. The van der Waals surface area contributed by atoms with Crippen molar-refractivity contribution in [1.29, 1.82) is 0 Å². The van der Waals surface area contributed by atoms with E-state index in [9.17, 15) is 10.1 Å². The zero-order chi connectivity index (χ0) is 15.1. The molecule has 1 heterocycles. The van der Waals surface area contributed by atoms with Gasteiger partial charge < -0.3 is 5.73 Å². The number of fused-ring (bicyclic) bond motifs is 1. The Balaban J connectivity index is 2.49. The van der Waals surface area contributed by atoms with Crippen LogP contribution in [-0.2, 0) is 6.42 Å². The number of nitro benzene ring substituents is 1. The summed E-state index contributed by atoms with van der Waals surface area (Å²) < 4.78 is 0.849. The van der Waals surface area contributed by atoms with Gasteiger partial charge in [0.25, 0.3) is 5.69 Å². The van der Waals surface area contributed by atoms with Gasteiger partial charge >= 0.3 is 0 Å². The molecule has 0 radical (unpaired) electrons. The molecule has 0 fully saturated rings. The molecule has 1 atom stereocenters. The summed E-state index contributed by atoms with van der Waals surface area (Å²) >= 11 is 1.47. The van der Waals surface area contributed by atoms with Crippen molar-refractivity contribution >= 4 is 27.2 Å². The average molecular weight is 293 g/mol. The second-order valence-electron chi connectivity index (χ2n) is 6.12. The summed E-state index contributed by atoms with van der Waals surface area (Å²) in [6.45, 7) is 8.01. The third-order valence-corrected chi connectivity index (χ3v) is 4.38. The van der Waals surface area contributed by atoms with E-state index >= 15 is 0 Å². The molecular weight excluding hydrogens is 274 g/mol. The number of aryl methyl sites for hydroxylation is 1. The molecule has 2 rings (SSSR count). The number of hydrogen-bond donors (Lipinski definition) is 1. The molecule has 20 heavy (non-hydrogen) atoms. The van der Waals surface area contributed by atoms with Gasteiger partial charge in [0.15, 0.2) is 0 Å². The van der Waals surface area contributed by atoms with Crippen LogP contribution in [0.4, 0.5) is 5.69 Å². The molecule has 6 heteroatoms. The molecule has 2 N–H and O–H groups in total. The van der Waals surface area contributed by atoms with E-state index in [1.807, 2.05) is 33.8 Å². The topological polar surface area (TPSA) is 82.0 Å². The van der Waals surface area contributed by atoms with Crippen LogP contribution in [0.15, 0.2) is 12.1 Å². The molecule has 1 aromatic carbocycles. The van der Waals surface area contributed by atoms with E-state index in [1.54, 1.807) is 6.07 Å². The SMILES string of the molecule is Cc1nc2cc(CC(N)C(C)(C)C)c([N+](=O)[O-])cc2s1. The first-order valence-corrected chi connectivity index (χ1v) is 7.30. The fourth-order valence-corrected chi connectivity index (χ4v) is 2.84. The number of nitrogens with zero attached hydrogens (tertiary/aromatic N) is 2. The third-order valence-electron chi connectivity index (χ3n) is 3.44. The monoisotopic (exact) mass is 293 g/mol. The zero-order valence-corrected chi connectivity index (χ0v) is 13.0. The minimum atomic E-state index is -0.334. The van der Waals surface area contributed by atoms with Gasteiger partial charge in [0, 0.05) is 17.7 Å². The van der Waals surface area contributed by atoms with Crippen LogP contribution in [0.3, 0.4) is 0 Å². The molecule has 0 aliphatic heterocycles. The van der Waals surface area contributed by atoms with Crippen molar-refractivity contribution in [3.63, 3.8) is 0 Å². The molecule has 0 aliphatic carbocycles. The van der Waals surface area contributed by atoms with Gasteiger partial charge in [0.2, 0.25) is 0 Å². The summed E-state index contributed by atoms with van der Waals surface area (Å²) in [5.74, 6) is 0. The first-order chi connectivity index (χ1) is 9.18. The summed E-state index contributed by atoms with van der Waals surface area (Å²) in [4.78, 5) is 15.3. The molecular formula is C14H19N3O2S. The Morgan fingerprint density at radius 1 is 1.45 bits per heavy atom. The maximum Gasteiger partial charge on any atom is 0.274 e. The molecule has 1 unspecified atom stereocenters. The standard InChI is InChI=1S/C14H19N3O2S/c1-8-16-10-5-9(6-13(15)14(2,3)4)11(17(18)19)7-12(10)20-8/h5,7,13H,6,15H2,1-4H3. The molecule has 2 aromatic rings. The van der Waals surface area contributed by atoms with Gasteiger partial charge in [0.05, 0.1) is 20.1 Å². The van der Waals surface area contributed by atoms with Gasteiger partial charge in [0.1, 0.15) is 0 Å². The highest BCUT2D eigenvalue weighted by Crippen LogP contribution is 2.32. The molecule has 0 aliphatic rings. The minimum absolute atomic E-state index is 0.0964. The maximum atomic E-state index is 11.3. The molecule has 0 amide bonds. The van der Waals surface area contributed by atoms with E-state index in [2.05, 4.69) is 4.98 Å². The number of rotatable bonds is 3. The number of benzene rings is 1. The second-order valence-corrected chi connectivity index (χ2v) is 7.35. The van der Waals surface area contributed by atoms with Crippen molar-refractivity contribution < 1.29 is 4.92 Å². The van der Waals surface area contributed by atoms with Crippen LogP contribution < -0.4 is 5.73 Å². The Kier molecular flexibility index (Phi) is 3.80. The van der Waals surface area contributed by atoms with Crippen molar-refractivity contribution in [2.75, 3.05) is 0 Å². The van der Waals surface area contributed by atoms with E-state index in [1.165, 1.54) is 11.3 Å². The lowest BCUT2D eigenvalue weighted by Crippen LogP contribution is -2.37. The van der Waals surface area contributed by atoms with Crippen molar-refractivity contribution in [2.24, 2.45) is 11.1 Å². The molecule has 0 saturated carbocycles. The quantitative estimate of drug-likeness (QED) is 0.694. The van der Waals surface area contributed by atoms with Gasteiger partial charge in [-0.15, -0.1) is 11.3 Å².